The van der Waals surface area contributed by atoms with Gasteiger partial charge in [-0.05, 0) is 37.1 Å². The molecule has 1 aliphatic carbocycles. The molecule has 1 aromatic rings. The first-order valence-corrected chi connectivity index (χ1v) is 6.00. The third-order valence-electron chi connectivity index (χ3n) is 3.18. The number of carbonyl (C=O) groups excluding carboxylic acids is 2. The Morgan fingerprint density at radius 1 is 1.11 bits per heavy atom. The summed E-state index contributed by atoms with van der Waals surface area (Å²) in [5.74, 6) is -3.47. The first-order chi connectivity index (χ1) is 9.08. The van der Waals surface area contributed by atoms with E-state index >= 15 is 0 Å². The van der Waals surface area contributed by atoms with E-state index in [2.05, 4.69) is 5.32 Å². The van der Waals surface area contributed by atoms with Gasteiger partial charge in [0, 0.05) is 17.6 Å². The molecule has 0 saturated heterocycles. The number of amides is 1. The van der Waals surface area contributed by atoms with Crippen molar-refractivity contribution >= 4 is 17.6 Å². The van der Waals surface area contributed by atoms with Gasteiger partial charge < -0.3 is 15.2 Å². The molecule has 1 N–H and O–H groups in total. The van der Waals surface area contributed by atoms with Gasteiger partial charge >= 0.3 is 0 Å². The van der Waals surface area contributed by atoms with Gasteiger partial charge in [-0.15, -0.1) is 0 Å². The van der Waals surface area contributed by atoms with Gasteiger partial charge in [-0.1, -0.05) is 12.2 Å². The molecule has 0 bridgehead atoms. The fraction of sp³-hybridized carbons (Fsp3) is 0.286. The highest BCUT2D eigenvalue weighted by Gasteiger charge is 2.29. The van der Waals surface area contributed by atoms with Gasteiger partial charge in [0.05, 0.1) is 5.92 Å². The van der Waals surface area contributed by atoms with Crippen molar-refractivity contribution in [2.45, 2.75) is 12.8 Å². The van der Waals surface area contributed by atoms with Crippen LogP contribution in [0.25, 0.3) is 0 Å². The summed E-state index contributed by atoms with van der Waals surface area (Å²) in [6.45, 7) is 0. The van der Waals surface area contributed by atoms with E-state index in [1.807, 2.05) is 0 Å². The maximum atomic E-state index is 12.7. The van der Waals surface area contributed by atoms with Gasteiger partial charge in [-0.3, -0.25) is 4.79 Å². The van der Waals surface area contributed by atoms with E-state index in [-0.39, 0.29) is 5.91 Å². The summed E-state index contributed by atoms with van der Waals surface area (Å²) in [5.41, 5.74) is 0.443. The van der Waals surface area contributed by atoms with E-state index in [0.717, 1.165) is 0 Å². The van der Waals surface area contributed by atoms with E-state index in [0.29, 0.717) is 18.5 Å². The van der Waals surface area contributed by atoms with Crippen LogP contribution in [-0.4, -0.2) is 11.9 Å². The summed E-state index contributed by atoms with van der Waals surface area (Å²) < 4.78 is 12.7. The number of hydrogen-bond acceptors (Lipinski definition) is 3. The quantitative estimate of drug-likeness (QED) is 0.829. The highest BCUT2D eigenvalue weighted by atomic mass is 19.1. The molecule has 1 aromatic carbocycles. The van der Waals surface area contributed by atoms with Crippen LogP contribution in [0.4, 0.5) is 10.1 Å². The number of rotatable bonds is 3. The molecule has 0 fully saturated rings. The predicted octanol–water partition coefficient (Wildman–Crippen LogP) is 1.10. The molecule has 2 rings (SSSR count). The van der Waals surface area contributed by atoms with Crippen molar-refractivity contribution in [3.63, 3.8) is 0 Å². The largest absolute Gasteiger partial charge is 0.550 e. The number of anilines is 1. The van der Waals surface area contributed by atoms with E-state index in [1.54, 1.807) is 12.2 Å². The lowest BCUT2D eigenvalue weighted by molar-refractivity contribution is -0.313. The summed E-state index contributed by atoms with van der Waals surface area (Å²) in [6.07, 6.45) is 4.19. The van der Waals surface area contributed by atoms with Crippen molar-refractivity contribution in [2.24, 2.45) is 11.8 Å². The van der Waals surface area contributed by atoms with Gasteiger partial charge in [-0.2, -0.15) is 0 Å². The second-order valence-electron chi connectivity index (χ2n) is 4.47. The van der Waals surface area contributed by atoms with E-state index in [9.17, 15) is 19.1 Å². The van der Waals surface area contributed by atoms with Crippen LogP contribution < -0.4 is 10.4 Å². The minimum Gasteiger partial charge on any atom is -0.550 e. The SMILES string of the molecule is O=C([O-])[C@@H]1CC=CC[C@H]1C(=O)Nc1ccc(F)cc1. The van der Waals surface area contributed by atoms with Gasteiger partial charge in [0.1, 0.15) is 5.82 Å². The smallest absolute Gasteiger partial charge is 0.228 e. The third-order valence-corrected chi connectivity index (χ3v) is 3.18. The fourth-order valence-electron chi connectivity index (χ4n) is 2.13. The molecule has 0 radical (unpaired) electrons. The zero-order valence-electron chi connectivity index (χ0n) is 10.1. The van der Waals surface area contributed by atoms with Crippen LogP contribution in [0.5, 0.6) is 0 Å². The van der Waals surface area contributed by atoms with E-state index < -0.39 is 23.6 Å². The molecule has 0 saturated carbocycles. The van der Waals surface area contributed by atoms with Crippen LogP contribution in [0, 0.1) is 17.7 Å². The minimum atomic E-state index is -1.22. The Morgan fingerprint density at radius 2 is 1.68 bits per heavy atom. The van der Waals surface area contributed by atoms with E-state index in [1.165, 1.54) is 24.3 Å². The molecule has 5 heteroatoms. The van der Waals surface area contributed by atoms with E-state index in [4.69, 9.17) is 0 Å². The number of allylic oxidation sites excluding steroid dienone is 2. The maximum Gasteiger partial charge on any atom is 0.228 e. The van der Waals surface area contributed by atoms with Crippen molar-refractivity contribution in [3.05, 3.63) is 42.2 Å². The maximum absolute atomic E-state index is 12.7. The Balaban J connectivity index is 2.08. The number of carbonyl (C=O) groups is 2. The molecule has 100 valence electrons. The Hall–Kier alpha value is -2.17. The van der Waals surface area contributed by atoms with Crippen molar-refractivity contribution in [1.82, 2.24) is 0 Å². The van der Waals surface area contributed by atoms with Crippen molar-refractivity contribution in [2.75, 3.05) is 5.32 Å². The van der Waals surface area contributed by atoms with Gasteiger partial charge in [0.25, 0.3) is 0 Å². The minimum absolute atomic E-state index is 0.295. The fourth-order valence-corrected chi connectivity index (χ4v) is 2.13. The van der Waals surface area contributed by atoms with Gasteiger partial charge in [0.2, 0.25) is 5.91 Å². The van der Waals surface area contributed by atoms with Crippen molar-refractivity contribution in [1.29, 1.82) is 0 Å². The monoisotopic (exact) mass is 262 g/mol. The second-order valence-corrected chi connectivity index (χ2v) is 4.47. The van der Waals surface area contributed by atoms with Crippen molar-refractivity contribution in [3.8, 4) is 0 Å². The van der Waals surface area contributed by atoms with Gasteiger partial charge in [-0.25, -0.2) is 4.39 Å². The molecule has 1 amide bonds. The Labute approximate surface area is 109 Å². The summed E-state index contributed by atoms with van der Waals surface area (Å²) in [5, 5.41) is 13.6. The zero-order valence-corrected chi connectivity index (χ0v) is 10.1. The van der Waals surface area contributed by atoms with Gasteiger partial charge in [0.15, 0.2) is 0 Å². The lowest BCUT2D eigenvalue weighted by Crippen LogP contribution is -2.41. The number of carboxylic acid groups (broad SMARTS) is 1. The Morgan fingerprint density at radius 3 is 2.26 bits per heavy atom. The highest BCUT2D eigenvalue weighted by Crippen LogP contribution is 2.26. The number of benzene rings is 1. The lowest BCUT2D eigenvalue weighted by atomic mass is 9.82. The van der Waals surface area contributed by atoms with Crippen LogP contribution in [-0.2, 0) is 9.59 Å². The summed E-state index contributed by atoms with van der Waals surface area (Å²) in [7, 11) is 0. The predicted molar refractivity (Wildman–Crippen MR) is 65.4 cm³/mol. The molecule has 0 aromatic heterocycles. The number of nitrogens with one attached hydrogen (secondary N) is 1. The van der Waals surface area contributed by atoms with Crippen LogP contribution in [0.1, 0.15) is 12.8 Å². The Bertz CT molecular complexity index is 510. The average Bonchev–Trinajstić information content (AvgIpc) is 2.41. The van der Waals surface area contributed by atoms with Crippen LogP contribution in [0.15, 0.2) is 36.4 Å². The van der Waals surface area contributed by atoms with Crippen molar-refractivity contribution < 1.29 is 19.1 Å². The second kappa shape index (κ2) is 5.65. The first kappa shape index (κ1) is 13.3. The molecule has 0 aliphatic heterocycles. The number of halogens is 1. The molecule has 2 atom stereocenters. The molecule has 1 aliphatic rings. The first-order valence-electron chi connectivity index (χ1n) is 6.00. The van der Waals surface area contributed by atoms with Crippen LogP contribution in [0.3, 0.4) is 0 Å². The number of hydrogen-bond donors (Lipinski definition) is 1. The highest BCUT2D eigenvalue weighted by molar-refractivity contribution is 5.95. The molecular formula is C14H13FNO3-. The zero-order chi connectivity index (χ0) is 13.8. The average molecular weight is 262 g/mol. The molecule has 0 heterocycles. The molecule has 0 unspecified atom stereocenters. The standard InChI is InChI=1S/C14H14FNO3/c15-9-5-7-10(8-6-9)16-13(17)11-3-1-2-4-12(11)14(18)19/h1-2,5-8,11-12H,3-4H2,(H,16,17)(H,18,19)/p-1/t11-,12-/m1/s1. The third kappa shape index (κ3) is 3.19. The number of carboxylic acids is 1. The van der Waals surface area contributed by atoms with Crippen LogP contribution >= 0.6 is 0 Å². The molecule has 4 nitrogen and oxygen atoms in total. The lowest BCUT2D eigenvalue weighted by Gasteiger charge is -2.28. The summed E-state index contributed by atoms with van der Waals surface area (Å²) in [6, 6.07) is 5.32. The molecule has 0 spiro atoms. The summed E-state index contributed by atoms with van der Waals surface area (Å²) >= 11 is 0. The molecular weight excluding hydrogens is 249 g/mol. The normalized spacial score (nSPS) is 21.9. The number of aliphatic carboxylic acids is 1. The summed E-state index contributed by atoms with van der Waals surface area (Å²) in [4.78, 5) is 23.0. The van der Waals surface area contributed by atoms with Crippen LogP contribution in [0.2, 0.25) is 0 Å². The molecule has 19 heavy (non-hydrogen) atoms. The topological polar surface area (TPSA) is 69.2 Å². The Kier molecular flexibility index (Phi) is 3.94.